The molecule has 2 aromatic carbocycles. The molecule has 2 rings (SSSR count). The lowest BCUT2D eigenvalue weighted by Crippen LogP contribution is -2.22. The van der Waals surface area contributed by atoms with E-state index in [1.165, 1.54) is 0 Å². The lowest BCUT2D eigenvalue weighted by molar-refractivity contribution is -0.115. The Kier molecular flexibility index (Phi) is 8.00. The van der Waals surface area contributed by atoms with Crippen molar-refractivity contribution in [1.29, 1.82) is 0 Å². The summed E-state index contributed by atoms with van der Waals surface area (Å²) in [5.74, 6) is -8.09. The molecule has 0 amide bonds. The molecule has 0 bridgehead atoms. The predicted octanol–water partition coefficient (Wildman–Crippen LogP) is 5.06. The summed E-state index contributed by atoms with van der Waals surface area (Å²) in [5.41, 5.74) is -1.70. The number of rotatable bonds is 4. The van der Waals surface area contributed by atoms with Crippen LogP contribution in [0, 0.1) is 23.3 Å². The molecular formula is C16H9BrF7NO4. The van der Waals surface area contributed by atoms with E-state index in [-0.39, 0.29) is 10.0 Å². The summed E-state index contributed by atoms with van der Waals surface area (Å²) in [4.78, 5) is 21.0. The number of benzene rings is 2. The van der Waals surface area contributed by atoms with E-state index in [4.69, 9.17) is 10.2 Å². The van der Waals surface area contributed by atoms with Gasteiger partial charge in [-0.15, -0.1) is 0 Å². The van der Waals surface area contributed by atoms with Gasteiger partial charge in [-0.1, -0.05) is 0 Å². The third-order valence-corrected chi connectivity index (χ3v) is 3.67. The molecule has 0 atom stereocenters. The lowest BCUT2D eigenvalue weighted by Gasteiger charge is -2.12. The molecule has 2 aromatic rings. The number of nitrogens with one attached hydrogen (secondary N) is 1. The summed E-state index contributed by atoms with van der Waals surface area (Å²) in [6, 6.07) is 2.08. The third kappa shape index (κ3) is 7.25. The van der Waals surface area contributed by atoms with Gasteiger partial charge >= 0.3 is 18.1 Å². The van der Waals surface area contributed by atoms with Crippen molar-refractivity contribution in [2.24, 2.45) is 0 Å². The molecule has 29 heavy (non-hydrogen) atoms. The van der Waals surface area contributed by atoms with Gasteiger partial charge in [0.05, 0.1) is 16.8 Å². The fraction of sp³-hybridized carbons (Fsp3) is 0.125. The van der Waals surface area contributed by atoms with Crippen LogP contribution in [-0.2, 0) is 0 Å². The van der Waals surface area contributed by atoms with Crippen LogP contribution in [0.5, 0.6) is 0 Å². The van der Waals surface area contributed by atoms with Gasteiger partial charge in [-0.3, -0.25) is 0 Å². The van der Waals surface area contributed by atoms with Crippen LogP contribution in [0.4, 0.5) is 36.4 Å². The summed E-state index contributed by atoms with van der Waals surface area (Å²) in [7, 11) is 0. The Morgan fingerprint density at radius 2 is 1.24 bits per heavy atom. The SMILES string of the molecule is O=C(O)c1cc(F)c(F)cc1Br.O=C(O)c1cc(F)c(F)cc1NCC(F)(F)F. The van der Waals surface area contributed by atoms with Crippen LogP contribution in [0.2, 0.25) is 0 Å². The van der Waals surface area contributed by atoms with Crippen LogP contribution in [0.25, 0.3) is 0 Å². The van der Waals surface area contributed by atoms with Crippen LogP contribution >= 0.6 is 15.9 Å². The van der Waals surface area contributed by atoms with E-state index in [1.807, 2.05) is 0 Å². The van der Waals surface area contributed by atoms with E-state index >= 15 is 0 Å². The molecule has 0 spiro atoms. The molecule has 0 aliphatic heterocycles. The first-order valence-electron chi connectivity index (χ1n) is 7.13. The molecule has 0 heterocycles. The Bertz CT molecular complexity index is 934. The van der Waals surface area contributed by atoms with Crippen molar-refractivity contribution in [1.82, 2.24) is 0 Å². The average Bonchev–Trinajstić information content (AvgIpc) is 2.58. The normalized spacial score (nSPS) is 10.8. The van der Waals surface area contributed by atoms with E-state index in [1.54, 1.807) is 5.32 Å². The summed E-state index contributed by atoms with van der Waals surface area (Å²) >= 11 is 2.79. The number of anilines is 1. The van der Waals surface area contributed by atoms with Crippen LogP contribution < -0.4 is 5.32 Å². The van der Waals surface area contributed by atoms with Gasteiger partial charge in [-0.25, -0.2) is 27.2 Å². The van der Waals surface area contributed by atoms with Crippen molar-refractivity contribution in [2.75, 3.05) is 11.9 Å². The highest BCUT2D eigenvalue weighted by atomic mass is 79.9. The zero-order valence-corrected chi connectivity index (χ0v) is 15.3. The monoisotopic (exact) mass is 491 g/mol. The van der Waals surface area contributed by atoms with Gasteiger partial charge in [0.2, 0.25) is 0 Å². The molecule has 0 aliphatic rings. The quantitative estimate of drug-likeness (QED) is 0.411. The first kappa shape index (κ1) is 24.2. The topological polar surface area (TPSA) is 86.6 Å². The molecular weight excluding hydrogens is 483 g/mol. The van der Waals surface area contributed by atoms with Gasteiger partial charge in [-0.05, 0) is 34.1 Å². The highest BCUT2D eigenvalue weighted by Gasteiger charge is 2.28. The predicted molar refractivity (Wildman–Crippen MR) is 88.9 cm³/mol. The molecule has 0 unspecified atom stereocenters. The maximum absolute atomic E-state index is 12.8. The van der Waals surface area contributed by atoms with Gasteiger partial charge in [0.1, 0.15) is 6.54 Å². The number of carboxylic acids is 2. The minimum atomic E-state index is -4.60. The first-order chi connectivity index (χ1) is 13.2. The van der Waals surface area contributed by atoms with E-state index in [2.05, 4.69) is 15.9 Å². The molecule has 0 aromatic heterocycles. The molecule has 0 saturated heterocycles. The van der Waals surface area contributed by atoms with Gasteiger partial charge in [0.15, 0.2) is 23.3 Å². The first-order valence-corrected chi connectivity index (χ1v) is 7.93. The van der Waals surface area contributed by atoms with Crippen molar-refractivity contribution < 1.29 is 50.5 Å². The van der Waals surface area contributed by atoms with Gasteiger partial charge in [0.25, 0.3) is 0 Å². The van der Waals surface area contributed by atoms with E-state index in [0.29, 0.717) is 18.2 Å². The van der Waals surface area contributed by atoms with E-state index in [9.17, 15) is 40.3 Å². The second kappa shape index (κ2) is 9.58. The maximum atomic E-state index is 12.8. The van der Waals surface area contributed by atoms with Crippen LogP contribution in [0.1, 0.15) is 20.7 Å². The fourth-order valence-electron chi connectivity index (χ4n) is 1.75. The Labute approximate surface area is 165 Å². The second-order valence-electron chi connectivity index (χ2n) is 5.14. The molecule has 3 N–H and O–H groups in total. The Morgan fingerprint density at radius 3 is 1.69 bits per heavy atom. The molecule has 13 heteroatoms. The number of alkyl halides is 3. The molecule has 0 aliphatic carbocycles. The maximum Gasteiger partial charge on any atom is 0.405 e. The molecule has 0 fully saturated rings. The number of halogens is 8. The van der Waals surface area contributed by atoms with Gasteiger partial charge in [0, 0.05) is 10.5 Å². The number of carbonyl (C=O) groups is 2. The van der Waals surface area contributed by atoms with Crippen molar-refractivity contribution >= 4 is 33.6 Å². The highest BCUT2D eigenvalue weighted by molar-refractivity contribution is 9.10. The van der Waals surface area contributed by atoms with E-state index < -0.39 is 59.2 Å². The average molecular weight is 492 g/mol. The Balaban J connectivity index is 0.000000308. The number of hydrogen-bond donors (Lipinski definition) is 3. The number of hydrogen-bond acceptors (Lipinski definition) is 3. The zero-order valence-electron chi connectivity index (χ0n) is 13.8. The van der Waals surface area contributed by atoms with Crippen LogP contribution in [0.3, 0.4) is 0 Å². The molecule has 0 saturated carbocycles. The van der Waals surface area contributed by atoms with Crippen LogP contribution in [0.15, 0.2) is 28.7 Å². The molecule has 158 valence electrons. The minimum absolute atomic E-state index is 0.0221. The Hall–Kier alpha value is -2.83. The zero-order chi connectivity index (χ0) is 22.5. The van der Waals surface area contributed by atoms with E-state index in [0.717, 1.165) is 6.07 Å². The largest absolute Gasteiger partial charge is 0.478 e. The minimum Gasteiger partial charge on any atom is -0.478 e. The third-order valence-electron chi connectivity index (χ3n) is 3.01. The van der Waals surface area contributed by atoms with Crippen molar-refractivity contribution in [3.05, 3.63) is 63.1 Å². The van der Waals surface area contributed by atoms with Gasteiger partial charge < -0.3 is 15.5 Å². The number of aromatic carboxylic acids is 2. The number of carboxylic acid groups (broad SMARTS) is 2. The van der Waals surface area contributed by atoms with Crippen molar-refractivity contribution in [2.45, 2.75) is 6.18 Å². The molecule has 5 nitrogen and oxygen atoms in total. The molecule has 0 radical (unpaired) electrons. The summed E-state index contributed by atoms with van der Waals surface area (Å²) in [5, 5.41) is 18.8. The van der Waals surface area contributed by atoms with Gasteiger partial charge in [-0.2, -0.15) is 13.2 Å². The summed E-state index contributed by atoms with van der Waals surface area (Å²) in [6.07, 6.45) is -4.60. The van der Waals surface area contributed by atoms with Crippen molar-refractivity contribution in [3.8, 4) is 0 Å². The lowest BCUT2D eigenvalue weighted by atomic mass is 10.1. The second-order valence-corrected chi connectivity index (χ2v) is 5.99. The van der Waals surface area contributed by atoms with Crippen LogP contribution in [-0.4, -0.2) is 34.9 Å². The summed E-state index contributed by atoms with van der Waals surface area (Å²) in [6.45, 7) is -1.54. The fourth-order valence-corrected chi connectivity index (χ4v) is 2.24. The standard InChI is InChI=1S/C9H6F5NO2.C7H3BrF2O2/c10-5-1-4(8(16)17)7(2-6(5)11)15-3-9(12,13)14;8-4-2-6(10)5(9)1-3(4)7(11)12/h1-2,15H,3H2,(H,16,17);1-2H,(H,11,12). The Morgan fingerprint density at radius 1 is 0.828 bits per heavy atom. The smallest absolute Gasteiger partial charge is 0.405 e. The van der Waals surface area contributed by atoms with Crippen molar-refractivity contribution in [3.63, 3.8) is 0 Å². The highest BCUT2D eigenvalue weighted by Crippen LogP contribution is 2.23. The summed E-state index contributed by atoms with van der Waals surface area (Å²) < 4.78 is 86.0.